The zero-order valence-corrected chi connectivity index (χ0v) is 6.39. The monoisotopic (exact) mass is 179 g/mol. The molecule has 7 nitrogen and oxygen atoms in total. The molecule has 0 aromatic carbocycles. The zero-order valence-electron chi connectivity index (χ0n) is 6.39. The lowest BCUT2D eigenvalue weighted by Crippen LogP contribution is -2.17. The van der Waals surface area contributed by atoms with Crippen LogP contribution >= 0.6 is 0 Å². The minimum atomic E-state index is -0.949. The third kappa shape index (κ3) is 1.39. The molecule has 0 radical (unpaired) electrons. The Kier molecular flexibility index (Phi) is 1.55. The summed E-state index contributed by atoms with van der Waals surface area (Å²) < 4.78 is 4.45. The van der Waals surface area contributed by atoms with Crippen molar-refractivity contribution in [1.29, 1.82) is 0 Å². The molecule has 2 rings (SSSR count). The van der Waals surface area contributed by atoms with Crippen molar-refractivity contribution in [3.8, 4) is 6.01 Å². The van der Waals surface area contributed by atoms with E-state index in [9.17, 15) is 4.79 Å². The average Bonchev–Trinajstić information content (AvgIpc) is 2.49. The topological polar surface area (TPSA) is 107 Å². The molecule has 13 heavy (non-hydrogen) atoms. The summed E-state index contributed by atoms with van der Waals surface area (Å²) in [6.45, 7) is 0. The summed E-state index contributed by atoms with van der Waals surface area (Å²) in [5.74, 6) is 0. The van der Waals surface area contributed by atoms with Gasteiger partial charge in [0.05, 0.1) is 12.5 Å². The van der Waals surface area contributed by atoms with E-state index in [1.807, 2.05) is 0 Å². The molecule has 0 saturated carbocycles. The molecule has 0 atom stereocenters. The molecule has 0 aliphatic rings. The van der Waals surface area contributed by atoms with Gasteiger partial charge in [0.1, 0.15) is 5.52 Å². The predicted molar refractivity (Wildman–Crippen MR) is 41.9 cm³/mol. The number of nitrogens with one attached hydrogen (secondary N) is 1. The number of rotatable bonds is 1. The number of H-pyrrole nitrogens is 1. The average molecular weight is 179 g/mol. The fourth-order valence-corrected chi connectivity index (χ4v) is 0.860. The highest BCUT2D eigenvalue weighted by Crippen LogP contribution is 2.08. The van der Waals surface area contributed by atoms with Gasteiger partial charge in [0.15, 0.2) is 5.65 Å². The number of amides is 1. The first kappa shape index (κ1) is 7.47. The van der Waals surface area contributed by atoms with Crippen LogP contribution in [-0.2, 0) is 0 Å². The lowest BCUT2D eigenvalue weighted by atomic mass is 10.6. The molecular weight excluding hydrogens is 174 g/mol. The smallest absolute Gasteiger partial charge is 0.374 e. The number of aromatic amines is 1. The van der Waals surface area contributed by atoms with Gasteiger partial charge < -0.3 is 15.5 Å². The number of fused-ring (bicyclic) bond motifs is 1. The van der Waals surface area contributed by atoms with Gasteiger partial charge in [-0.2, -0.15) is 4.98 Å². The summed E-state index contributed by atoms with van der Waals surface area (Å²) in [7, 11) is 0. The minimum Gasteiger partial charge on any atom is -0.374 e. The van der Waals surface area contributed by atoms with Crippen molar-refractivity contribution in [2.75, 3.05) is 0 Å². The molecule has 0 aliphatic heterocycles. The second-order valence-electron chi connectivity index (χ2n) is 2.21. The molecular formula is C6H5N5O2. The highest BCUT2D eigenvalue weighted by molar-refractivity contribution is 5.70. The summed E-state index contributed by atoms with van der Waals surface area (Å²) in [5.41, 5.74) is 5.86. The fourth-order valence-electron chi connectivity index (χ4n) is 0.860. The minimum absolute atomic E-state index is 0.105. The first-order valence-electron chi connectivity index (χ1n) is 3.39. The standard InChI is InChI=1S/C6H5N5O2/c7-5(12)13-6-8-1-3-4(11-6)10-2-9-3/h1-2H,(H2,7,12)(H,8,9,10,11). The number of hydrogen-bond donors (Lipinski definition) is 2. The molecule has 0 spiro atoms. The van der Waals surface area contributed by atoms with Gasteiger partial charge in [-0.15, -0.1) is 0 Å². The Morgan fingerprint density at radius 1 is 1.54 bits per heavy atom. The maximum Gasteiger partial charge on any atom is 0.412 e. The van der Waals surface area contributed by atoms with Crippen molar-refractivity contribution >= 4 is 17.3 Å². The lowest BCUT2D eigenvalue weighted by molar-refractivity contribution is 0.207. The maximum absolute atomic E-state index is 10.3. The highest BCUT2D eigenvalue weighted by Gasteiger charge is 2.04. The Morgan fingerprint density at radius 2 is 2.38 bits per heavy atom. The predicted octanol–water partition coefficient (Wildman–Crippen LogP) is -0.190. The van der Waals surface area contributed by atoms with Crippen molar-refractivity contribution < 1.29 is 9.53 Å². The number of hydrogen-bond acceptors (Lipinski definition) is 5. The van der Waals surface area contributed by atoms with E-state index in [4.69, 9.17) is 5.73 Å². The molecule has 66 valence electrons. The Morgan fingerprint density at radius 3 is 3.15 bits per heavy atom. The first-order valence-corrected chi connectivity index (χ1v) is 3.39. The Bertz CT molecular complexity index is 451. The zero-order chi connectivity index (χ0) is 9.26. The molecule has 0 fully saturated rings. The van der Waals surface area contributed by atoms with Gasteiger partial charge in [0, 0.05) is 0 Å². The summed E-state index contributed by atoms with van der Waals surface area (Å²) in [6, 6.07) is -0.105. The van der Waals surface area contributed by atoms with Gasteiger partial charge in [-0.25, -0.2) is 14.8 Å². The van der Waals surface area contributed by atoms with Gasteiger partial charge in [-0.3, -0.25) is 0 Å². The molecule has 2 aromatic heterocycles. The third-order valence-corrected chi connectivity index (χ3v) is 1.35. The van der Waals surface area contributed by atoms with Crippen molar-refractivity contribution in [3.05, 3.63) is 12.5 Å². The van der Waals surface area contributed by atoms with Gasteiger partial charge in [-0.05, 0) is 0 Å². The van der Waals surface area contributed by atoms with E-state index in [-0.39, 0.29) is 6.01 Å². The molecule has 3 N–H and O–H groups in total. The highest BCUT2D eigenvalue weighted by atomic mass is 16.6. The maximum atomic E-state index is 10.3. The quantitative estimate of drug-likeness (QED) is 0.630. The van der Waals surface area contributed by atoms with Crippen LogP contribution in [0.1, 0.15) is 0 Å². The van der Waals surface area contributed by atoms with Crippen molar-refractivity contribution in [2.45, 2.75) is 0 Å². The van der Waals surface area contributed by atoms with Crippen LogP contribution in [0.4, 0.5) is 4.79 Å². The van der Waals surface area contributed by atoms with Gasteiger partial charge in [0.2, 0.25) is 0 Å². The number of imidazole rings is 1. The van der Waals surface area contributed by atoms with Crippen molar-refractivity contribution in [1.82, 2.24) is 19.9 Å². The van der Waals surface area contributed by atoms with Crippen LogP contribution in [0.3, 0.4) is 0 Å². The van der Waals surface area contributed by atoms with Crippen LogP contribution in [0.2, 0.25) is 0 Å². The summed E-state index contributed by atoms with van der Waals surface area (Å²) in [4.78, 5) is 24.5. The van der Waals surface area contributed by atoms with Crippen LogP contribution in [0, 0.1) is 0 Å². The number of carbonyl (C=O) groups excluding carboxylic acids is 1. The van der Waals surface area contributed by atoms with E-state index in [2.05, 4.69) is 24.7 Å². The fraction of sp³-hybridized carbons (Fsp3) is 0. The summed E-state index contributed by atoms with van der Waals surface area (Å²) in [6.07, 6.45) is 1.97. The van der Waals surface area contributed by atoms with Gasteiger partial charge in [-0.1, -0.05) is 0 Å². The van der Waals surface area contributed by atoms with E-state index in [1.165, 1.54) is 12.5 Å². The number of aromatic nitrogens is 4. The number of carbonyl (C=O) groups is 1. The third-order valence-electron chi connectivity index (χ3n) is 1.35. The molecule has 2 aromatic rings. The van der Waals surface area contributed by atoms with Gasteiger partial charge in [0.25, 0.3) is 0 Å². The Hall–Kier alpha value is -2.18. The Balaban J connectivity index is 2.42. The van der Waals surface area contributed by atoms with E-state index in [0.717, 1.165) is 0 Å². The van der Waals surface area contributed by atoms with Crippen molar-refractivity contribution in [2.24, 2.45) is 5.73 Å². The van der Waals surface area contributed by atoms with Crippen LogP contribution in [0.15, 0.2) is 12.5 Å². The van der Waals surface area contributed by atoms with E-state index < -0.39 is 6.09 Å². The second kappa shape index (κ2) is 2.70. The molecule has 0 aliphatic carbocycles. The summed E-state index contributed by atoms with van der Waals surface area (Å²) >= 11 is 0. The van der Waals surface area contributed by atoms with E-state index in [0.29, 0.717) is 11.2 Å². The number of nitrogens with two attached hydrogens (primary N) is 1. The first-order chi connectivity index (χ1) is 6.25. The van der Waals surface area contributed by atoms with Crippen LogP contribution in [0.5, 0.6) is 6.01 Å². The molecule has 0 saturated heterocycles. The van der Waals surface area contributed by atoms with Crippen LogP contribution in [0.25, 0.3) is 11.2 Å². The normalized spacial score (nSPS) is 10.2. The van der Waals surface area contributed by atoms with Gasteiger partial charge >= 0.3 is 12.1 Å². The Labute approximate surface area is 72.0 Å². The summed E-state index contributed by atoms with van der Waals surface area (Å²) in [5, 5.41) is 0. The molecule has 0 bridgehead atoms. The van der Waals surface area contributed by atoms with Crippen LogP contribution in [-0.4, -0.2) is 26.0 Å². The van der Waals surface area contributed by atoms with Crippen LogP contribution < -0.4 is 10.5 Å². The molecule has 1 amide bonds. The SMILES string of the molecule is NC(=O)Oc1ncc2[nH]cnc2n1. The molecule has 7 heteroatoms. The number of nitrogens with zero attached hydrogens (tertiary/aromatic N) is 3. The molecule has 2 heterocycles. The molecule has 0 unspecified atom stereocenters. The number of ether oxygens (including phenoxy) is 1. The second-order valence-corrected chi connectivity index (χ2v) is 2.21. The lowest BCUT2D eigenvalue weighted by Gasteiger charge is -1.95. The largest absolute Gasteiger partial charge is 0.412 e. The van der Waals surface area contributed by atoms with E-state index in [1.54, 1.807) is 0 Å². The number of primary amides is 1. The van der Waals surface area contributed by atoms with Crippen molar-refractivity contribution in [3.63, 3.8) is 0 Å². The van der Waals surface area contributed by atoms with E-state index >= 15 is 0 Å².